The Hall–Kier alpha value is -1.05. The molecule has 0 N–H and O–H groups in total. The van der Waals surface area contributed by atoms with Crippen LogP contribution in [0.5, 0.6) is 5.75 Å². The van der Waals surface area contributed by atoms with E-state index >= 15 is 0 Å². The highest BCUT2D eigenvalue weighted by Crippen LogP contribution is 2.15. The quantitative estimate of drug-likeness (QED) is 0.610. The minimum atomic E-state index is -0.799. The van der Waals surface area contributed by atoms with Crippen molar-refractivity contribution in [3.8, 4) is 5.75 Å². The van der Waals surface area contributed by atoms with E-state index in [1.54, 1.807) is 18.2 Å². The zero-order valence-corrected chi connectivity index (χ0v) is 5.51. The molecule has 53 valence electrons. The van der Waals surface area contributed by atoms with Gasteiger partial charge in [0.25, 0.3) is 0 Å². The van der Waals surface area contributed by atoms with Crippen LogP contribution in [0.2, 0.25) is 0 Å². The summed E-state index contributed by atoms with van der Waals surface area (Å²) in [5.74, 6) is 0.505. The predicted molar refractivity (Wildman–Crippen MR) is 37.5 cm³/mol. The lowest BCUT2D eigenvalue weighted by Crippen LogP contribution is -1.91. The SMILES string of the molecule is [CH2]c1ccccc1OCF. The van der Waals surface area contributed by atoms with Gasteiger partial charge in [0.15, 0.2) is 0 Å². The number of rotatable bonds is 2. The van der Waals surface area contributed by atoms with Crippen molar-refractivity contribution in [2.45, 2.75) is 0 Å². The molecule has 1 aromatic rings. The molecule has 0 heterocycles. The summed E-state index contributed by atoms with van der Waals surface area (Å²) in [5, 5.41) is 0. The first-order chi connectivity index (χ1) is 4.84. The monoisotopic (exact) mass is 139 g/mol. The predicted octanol–water partition coefficient (Wildman–Crippen LogP) is 2.17. The van der Waals surface area contributed by atoms with Crippen LogP contribution in [0.1, 0.15) is 5.56 Å². The van der Waals surface area contributed by atoms with E-state index in [1.165, 1.54) is 0 Å². The number of para-hydroxylation sites is 1. The maximum Gasteiger partial charge on any atom is 0.228 e. The lowest BCUT2D eigenvalue weighted by Gasteiger charge is -2.02. The molecule has 1 nitrogen and oxygen atoms in total. The van der Waals surface area contributed by atoms with Gasteiger partial charge in [0.05, 0.1) is 0 Å². The molecule has 0 unspecified atom stereocenters. The van der Waals surface area contributed by atoms with Crippen LogP contribution in [-0.4, -0.2) is 6.86 Å². The summed E-state index contributed by atoms with van der Waals surface area (Å²) in [7, 11) is 0. The maximum absolute atomic E-state index is 11.6. The number of hydrogen-bond acceptors (Lipinski definition) is 1. The molecule has 10 heavy (non-hydrogen) atoms. The summed E-state index contributed by atoms with van der Waals surface area (Å²) < 4.78 is 16.2. The fourth-order valence-corrected chi connectivity index (χ4v) is 0.703. The van der Waals surface area contributed by atoms with E-state index < -0.39 is 6.86 Å². The summed E-state index contributed by atoms with van der Waals surface area (Å²) in [4.78, 5) is 0. The third-order valence-corrected chi connectivity index (χ3v) is 1.18. The van der Waals surface area contributed by atoms with Gasteiger partial charge in [-0.25, -0.2) is 4.39 Å². The average molecular weight is 139 g/mol. The molecule has 2 heteroatoms. The second kappa shape index (κ2) is 3.20. The van der Waals surface area contributed by atoms with Crippen molar-refractivity contribution in [3.05, 3.63) is 36.8 Å². The van der Waals surface area contributed by atoms with Gasteiger partial charge < -0.3 is 4.74 Å². The largest absolute Gasteiger partial charge is 0.463 e. The van der Waals surface area contributed by atoms with Crippen LogP contribution in [-0.2, 0) is 0 Å². The van der Waals surface area contributed by atoms with Crippen LogP contribution in [0.25, 0.3) is 0 Å². The summed E-state index contributed by atoms with van der Waals surface area (Å²) in [6.07, 6.45) is 0. The highest BCUT2D eigenvalue weighted by Gasteiger charge is 1.94. The van der Waals surface area contributed by atoms with Crippen LogP contribution in [0, 0.1) is 6.92 Å². The van der Waals surface area contributed by atoms with Gasteiger partial charge in [-0.15, -0.1) is 0 Å². The third kappa shape index (κ3) is 1.47. The van der Waals surface area contributed by atoms with E-state index in [1.807, 2.05) is 6.07 Å². The molecular formula is C8H8FO. The van der Waals surface area contributed by atoms with Crippen molar-refractivity contribution >= 4 is 0 Å². The molecule has 0 saturated carbocycles. The Labute approximate surface area is 59.4 Å². The van der Waals surface area contributed by atoms with E-state index in [0.717, 1.165) is 0 Å². The minimum Gasteiger partial charge on any atom is -0.463 e. The van der Waals surface area contributed by atoms with E-state index in [0.29, 0.717) is 11.3 Å². The number of ether oxygens (including phenoxy) is 1. The highest BCUT2D eigenvalue weighted by atomic mass is 19.1. The van der Waals surface area contributed by atoms with Crippen LogP contribution >= 0.6 is 0 Å². The summed E-state index contributed by atoms with van der Waals surface area (Å²) >= 11 is 0. The van der Waals surface area contributed by atoms with Gasteiger partial charge in [0.1, 0.15) is 5.75 Å². The standard InChI is InChI=1S/C8H8FO/c1-7-4-2-3-5-8(7)10-6-9/h2-5H,1,6H2. The van der Waals surface area contributed by atoms with Crippen molar-refractivity contribution in [3.63, 3.8) is 0 Å². The second-order valence-electron chi connectivity index (χ2n) is 1.86. The molecule has 0 spiro atoms. The van der Waals surface area contributed by atoms with Gasteiger partial charge in [-0.05, 0) is 18.6 Å². The molecule has 1 aromatic carbocycles. The highest BCUT2D eigenvalue weighted by molar-refractivity contribution is 5.34. The van der Waals surface area contributed by atoms with Gasteiger partial charge in [-0.2, -0.15) is 0 Å². The molecule has 0 saturated heterocycles. The Balaban J connectivity index is 2.81. The number of hydrogen-bond donors (Lipinski definition) is 0. The van der Waals surface area contributed by atoms with Crippen molar-refractivity contribution in [1.29, 1.82) is 0 Å². The van der Waals surface area contributed by atoms with Crippen molar-refractivity contribution in [2.75, 3.05) is 6.86 Å². The van der Waals surface area contributed by atoms with Crippen molar-refractivity contribution in [2.24, 2.45) is 0 Å². The number of benzene rings is 1. The molecule has 0 atom stereocenters. The van der Waals surface area contributed by atoms with Gasteiger partial charge in [-0.3, -0.25) is 0 Å². The average Bonchev–Trinajstić information content (AvgIpc) is 1.94. The topological polar surface area (TPSA) is 9.23 Å². The molecule has 0 fully saturated rings. The fourth-order valence-electron chi connectivity index (χ4n) is 0.703. The molecule has 0 aromatic heterocycles. The fraction of sp³-hybridized carbons (Fsp3) is 0.125. The lowest BCUT2D eigenvalue weighted by atomic mass is 10.2. The van der Waals surface area contributed by atoms with Gasteiger partial charge in [-0.1, -0.05) is 18.2 Å². The summed E-state index contributed by atoms with van der Waals surface area (Å²) in [5.41, 5.74) is 0.708. The van der Waals surface area contributed by atoms with E-state index in [-0.39, 0.29) is 0 Å². The van der Waals surface area contributed by atoms with Gasteiger partial charge in [0.2, 0.25) is 6.86 Å². The van der Waals surface area contributed by atoms with Gasteiger partial charge in [0, 0.05) is 0 Å². The summed E-state index contributed by atoms with van der Waals surface area (Å²) in [6, 6.07) is 7.06. The maximum atomic E-state index is 11.6. The molecule has 1 rings (SSSR count). The Kier molecular flexibility index (Phi) is 2.26. The lowest BCUT2D eigenvalue weighted by molar-refractivity contribution is 0.191. The molecule has 0 aliphatic heterocycles. The molecule has 1 radical (unpaired) electrons. The molecule has 0 amide bonds. The van der Waals surface area contributed by atoms with Crippen LogP contribution < -0.4 is 4.74 Å². The van der Waals surface area contributed by atoms with Crippen LogP contribution in [0.4, 0.5) is 4.39 Å². The van der Waals surface area contributed by atoms with Crippen LogP contribution in [0.15, 0.2) is 24.3 Å². The Morgan fingerprint density at radius 2 is 2.10 bits per heavy atom. The first-order valence-electron chi connectivity index (χ1n) is 2.94. The number of halogens is 1. The van der Waals surface area contributed by atoms with Gasteiger partial charge >= 0.3 is 0 Å². The zero-order chi connectivity index (χ0) is 7.40. The van der Waals surface area contributed by atoms with Crippen molar-refractivity contribution in [1.82, 2.24) is 0 Å². The zero-order valence-electron chi connectivity index (χ0n) is 5.51. The minimum absolute atomic E-state index is 0.505. The second-order valence-corrected chi connectivity index (χ2v) is 1.86. The van der Waals surface area contributed by atoms with Crippen LogP contribution in [0.3, 0.4) is 0 Å². The van der Waals surface area contributed by atoms with Crippen molar-refractivity contribution < 1.29 is 9.13 Å². The van der Waals surface area contributed by atoms with E-state index in [4.69, 9.17) is 0 Å². The molecule has 0 aliphatic rings. The smallest absolute Gasteiger partial charge is 0.228 e. The Morgan fingerprint density at radius 1 is 1.40 bits per heavy atom. The normalized spacial score (nSPS) is 9.40. The third-order valence-electron chi connectivity index (χ3n) is 1.18. The molecule has 0 aliphatic carbocycles. The Morgan fingerprint density at radius 3 is 2.70 bits per heavy atom. The first kappa shape index (κ1) is 7.06. The molecular weight excluding hydrogens is 131 g/mol. The van der Waals surface area contributed by atoms with E-state index in [2.05, 4.69) is 11.7 Å². The Bertz CT molecular complexity index is 210. The molecule has 0 bridgehead atoms. The first-order valence-corrected chi connectivity index (χ1v) is 2.94. The number of alkyl halides is 1. The summed E-state index contributed by atoms with van der Waals surface area (Å²) in [6.45, 7) is 2.85. The van der Waals surface area contributed by atoms with E-state index in [9.17, 15) is 4.39 Å².